The van der Waals surface area contributed by atoms with Crippen molar-refractivity contribution in [3.05, 3.63) is 102 Å². The van der Waals surface area contributed by atoms with E-state index in [0.29, 0.717) is 21.6 Å². The van der Waals surface area contributed by atoms with Crippen LogP contribution in [0.2, 0.25) is 5.02 Å². The average Bonchev–Trinajstić information content (AvgIpc) is 3.27. The molecule has 32 heavy (non-hydrogen) atoms. The van der Waals surface area contributed by atoms with E-state index >= 15 is 0 Å². The normalized spacial score (nSPS) is 11.0. The molecule has 0 aliphatic rings. The summed E-state index contributed by atoms with van der Waals surface area (Å²) in [7, 11) is 0. The minimum atomic E-state index is 0.0364. The predicted octanol–water partition coefficient (Wildman–Crippen LogP) is 6.11. The van der Waals surface area contributed by atoms with E-state index in [1.54, 1.807) is 12.4 Å². The zero-order valence-electron chi connectivity index (χ0n) is 16.9. The van der Waals surface area contributed by atoms with Crippen molar-refractivity contribution in [1.29, 1.82) is 0 Å². The van der Waals surface area contributed by atoms with Crippen molar-refractivity contribution in [3.63, 3.8) is 0 Å². The van der Waals surface area contributed by atoms with E-state index in [1.807, 2.05) is 83.4 Å². The number of carbonyl (C=O) groups is 1. The summed E-state index contributed by atoms with van der Waals surface area (Å²) in [5, 5.41) is 12.2. The van der Waals surface area contributed by atoms with E-state index in [-0.39, 0.29) is 11.5 Å². The SMILES string of the molecule is O=C(CSc1nnc(-c2cccnc2)n1-c1ccc(Cl)cc1)c1ccc2ccccc2c1. The first-order valence-electron chi connectivity index (χ1n) is 9.95. The molecule has 0 aliphatic carbocycles. The highest BCUT2D eigenvalue weighted by atomic mass is 35.5. The Kier molecular flexibility index (Phi) is 5.71. The molecule has 0 fully saturated rings. The summed E-state index contributed by atoms with van der Waals surface area (Å²) in [4.78, 5) is 17.1. The molecule has 3 aromatic carbocycles. The van der Waals surface area contributed by atoms with Crippen LogP contribution in [0.5, 0.6) is 0 Å². The summed E-state index contributed by atoms with van der Waals surface area (Å²) >= 11 is 7.44. The van der Waals surface area contributed by atoms with Crippen LogP contribution >= 0.6 is 23.4 Å². The number of pyridine rings is 1. The van der Waals surface area contributed by atoms with Gasteiger partial charge in [0, 0.05) is 34.2 Å². The molecule has 0 aliphatic heterocycles. The number of thioether (sulfide) groups is 1. The number of rotatable bonds is 6. The second-order valence-corrected chi connectivity index (χ2v) is 8.51. The lowest BCUT2D eigenvalue weighted by atomic mass is 10.1. The van der Waals surface area contributed by atoms with Crippen LogP contribution in [0.1, 0.15) is 10.4 Å². The minimum Gasteiger partial charge on any atom is -0.293 e. The standard InChI is InChI=1S/C25H17ClN4OS/c26-21-9-11-22(12-10-21)30-24(20-6-3-13-27-15-20)28-29-25(30)32-16-23(31)19-8-7-17-4-1-2-5-18(17)14-19/h1-15H,16H2. The van der Waals surface area contributed by atoms with Crippen molar-refractivity contribution in [1.82, 2.24) is 19.7 Å². The highest BCUT2D eigenvalue weighted by Crippen LogP contribution is 2.29. The van der Waals surface area contributed by atoms with Gasteiger partial charge in [0.25, 0.3) is 0 Å². The van der Waals surface area contributed by atoms with Gasteiger partial charge in [0.05, 0.1) is 5.75 Å². The Hall–Kier alpha value is -3.48. The molecule has 5 rings (SSSR count). The Morgan fingerprint density at radius 2 is 1.72 bits per heavy atom. The molecule has 0 unspecified atom stereocenters. The summed E-state index contributed by atoms with van der Waals surface area (Å²) < 4.78 is 1.92. The number of ketones is 1. The third kappa shape index (κ3) is 4.15. The second kappa shape index (κ2) is 8.94. The van der Waals surface area contributed by atoms with Crippen LogP contribution in [0.15, 0.2) is 96.4 Å². The summed E-state index contributed by atoms with van der Waals surface area (Å²) in [6, 6.07) is 25.0. The maximum Gasteiger partial charge on any atom is 0.196 e. The number of aromatic nitrogens is 4. The van der Waals surface area contributed by atoms with Crippen LogP contribution in [0.4, 0.5) is 0 Å². The van der Waals surface area contributed by atoms with Crippen molar-refractivity contribution in [2.75, 3.05) is 5.75 Å². The molecule has 2 aromatic heterocycles. The van der Waals surface area contributed by atoms with Gasteiger partial charge in [-0.25, -0.2) is 0 Å². The van der Waals surface area contributed by atoms with Crippen molar-refractivity contribution >= 4 is 39.9 Å². The monoisotopic (exact) mass is 456 g/mol. The molecule has 0 saturated carbocycles. The van der Waals surface area contributed by atoms with Crippen LogP contribution in [-0.2, 0) is 0 Å². The van der Waals surface area contributed by atoms with Crippen molar-refractivity contribution in [2.45, 2.75) is 5.16 Å². The zero-order valence-corrected chi connectivity index (χ0v) is 18.4. The van der Waals surface area contributed by atoms with E-state index in [4.69, 9.17) is 11.6 Å². The molecule has 0 bridgehead atoms. The third-order valence-electron chi connectivity index (χ3n) is 5.04. The predicted molar refractivity (Wildman–Crippen MR) is 129 cm³/mol. The van der Waals surface area contributed by atoms with Crippen molar-refractivity contribution < 1.29 is 4.79 Å². The number of hydrogen-bond acceptors (Lipinski definition) is 5. The molecule has 0 saturated heterocycles. The smallest absolute Gasteiger partial charge is 0.196 e. The number of fused-ring (bicyclic) bond motifs is 1. The zero-order chi connectivity index (χ0) is 21.9. The van der Waals surface area contributed by atoms with Gasteiger partial charge in [0.15, 0.2) is 16.8 Å². The maximum atomic E-state index is 12.9. The van der Waals surface area contributed by atoms with Gasteiger partial charge < -0.3 is 0 Å². The van der Waals surface area contributed by atoms with Gasteiger partial charge in [0.2, 0.25) is 0 Å². The second-order valence-electron chi connectivity index (χ2n) is 7.13. The quantitative estimate of drug-likeness (QED) is 0.228. The Balaban J connectivity index is 1.45. The van der Waals surface area contributed by atoms with E-state index in [9.17, 15) is 4.79 Å². The molecular weight excluding hydrogens is 440 g/mol. The summed E-state index contributed by atoms with van der Waals surface area (Å²) in [6.07, 6.45) is 3.45. The topological polar surface area (TPSA) is 60.7 Å². The number of halogens is 1. The first-order chi connectivity index (χ1) is 15.7. The number of hydrogen-bond donors (Lipinski definition) is 0. The molecular formula is C25H17ClN4OS. The Labute approximate surface area is 194 Å². The van der Waals surface area contributed by atoms with Gasteiger partial charge in [-0.1, -0.05) is 59.8 Å². The van der Waals surface area contributed by atoms with Crippen LogP contribution in [-0.4, -0.2) is 31.3 Å². The summed E-state index contributed by atoms with van der Waals surface area (Å²) in [5.74, 6) is 0.937. The minimum absolute atomic E-state index is 0.0364. The maximum absolute atomic E-state index is 12.9. The van der Waals surface area contributed by atoms with E-state index in [0.717, 1.165) is 22.0 Å². The number of nitrogens with zero attached hydrogens (tertiary/aromatic N) is 4. The highest BCUT2D eigenvalue weighted by Gasteiger charge is 2.18. The van der Waals surface area contributed by atoms with Gasteiger partial charge in [-0.15, -0.1) is 10.2 Å². The van der Waals surface area contributed by atoms with Crippen LogP contribution in [0.3, 0.4) is 0 Å². The third-order valence-corrected chi connectivity index (χ3v) is 6.22. The van der Waals surface area contributed by atoms with E-state index in [2.05, 4.69) is 15.2 Å². The Morgan fingerprint density at radius 3 is 2.50 bits per heavy atom. The number of benzene rings is 3. The van der Waals surface area contributed by atoms with Crippen LogP contribution < -0.4 is 0 Å². The summed E-state index contributed by atoms with van der Waals surface area (Å²) in [6.45, 7) is 0. The molecule has 0 atom stereocenters. The van der Waals surface area contributed by atoms with Crippen LogP contribution in [0.25, 0.3) is 27.8 Å². The lowest BCUT2D eigenvalue weighted by Gasteiger charge is -2.10. The van der Waals surface area contributed by atoms with Crippen molar-refractivity contribution in [2.24, 2.45) is 0 Å². The van der Waals surface area contributed by atoms with Gasteiger partial charge in [0.1, 0.15) is 0 Å². The fraction of sp³-hybridized carbons (Fsp3) is 0.0400. The molecule has 5 aromatic rings. The first kappa shape index (κ1) is 20.4. The van der Waals surface area contributed by atoms with Crippen LogP contribution in [0, 0.1) is 0 Å². The first-order valence-corrected chi connectivity index (χ1v) is 11.3. The lowest BCUT2D eigenvalue weighted by molar-refractivity contribution is 0.102. The fourth-order valence-electron chi connectivity index (χ4n) is 3.44. The number of carbonyl (C=O) groups excluding carboxylic acids is 1. The molecule has 0 radical (unpaired) electrons. The van der Waals surface area contributed by atoms with Gasteiger partial charge >= 0.3 is 0 Å². The molecule has 0 amide bonds. The van der Waals surface area contributed by atoms with Gasteiger partial charge in [-0.3, -0.25) is 14.3 Å². The Morgan fingerprint density at radius 1 is 0.906 bits per heavy atom. The molecule has 0 spiro atoms. The fourth-order valence-corrected chi connectivity index (χ4v) is 4.42. The van der Waals surface area contributed by atoms with Gasteiger partial charge in [-0.2, -0.15) is 0 Å². The molecule has 5 nitrogen and oxygen atoms in total. The van der Waals surface area contributed by atoms with Gasteiger partial charge in [-0.05, 0) is 53.2 Å². The van der Waals surface area contributed by atoms with E-state index in [1.165, 1.54) is 11.8 Å². The molecule has 7 heteroatoms. The highest BCUT2D eigenvalue weighted by molar-refractivity contribution is 7.99. The van der Waals surface area contributed by atoms with E-state index < -0.39 is 0 Å². The lowest BCUT2D eigenvalue weighted by Crippen LogP contribution is -2.05. The molecule has 2 heterocycles. The molecule has 0 N–H and O–H groups in total. The average molecular weight is 457 g/mol. The number of Topliss-reactive ketones (excluding diaryl/α,β-unsaturated/α-hetero) is 1. The summed E-state index contributed by atoms with van der Waals surface area (Å²) in [5.41, 5.74) is 2.38. The molecule has 156 valence electrons. The van der Waals surface area contributed by atoms with Crippen molar-refractivity contribution in [3.8, 4) is 17.1 Å². The largest absolute Gasteiger partial charge is 0.293 e. The Bertz CT molecular complexity index is 1400.